The predicted molar refractivity (Wildman–Crippen MR) is 123 cm³/mol. The van der Waals surface area contributed by atoms with Gasteiger partial charge in [-0.05, 0) is 42.7 Å². The Hall–Kier alpha value is -1.38. The summed E-state index contributed by atoms with van der Waals surface area (Å²) in [5, 5.41) is 0. The summed E-state index contributed by atoms with van der Waals surface area (Å²) in [6.45, 7) is 4.45. The number of hydrogen-bond donors (Lipinski definition) is 0. The number of esters is 1. The number of unbranched alkanes of at least 4 members (excludes halogenated alkanes) is 6. The summed E-state index contributed by atoms with van der Waals surface area (Å²) in [6.07, 6.45) is 18.4. The van der Waals surface area contributed by atoms with Gasteiger partial charge in [0.05, 0.1) is 0 Å². The second-order valence-corrected chi connectivity index (χ2v) is 9.31. The van der Waals surface area contributed by atoms with E-state index in [0.29, 0.717) is 18.1 Å². The molecule has 1 fully saturated rings. The van der Waals surface area contributed by atoms with Gasteiger partial charge in [-0.25, -0.2) is 4.39 Å². The Morgan fingerprint density at radius 3 is 2.20 bits per heavy atom. The van der Waals surface area contributed by atoms with E-state index >= 15 is 0 Å². The van der Waals surface area contributed by atoms with Gasteiger partial charge in [0, 0.05) is 12.5 Å². The minimum Gasteiger partial charge on any atom is -0.426 e. The zero-order valence-corrected chi connectivity index (χ0v) is 19.4. The lowest BCUT2D eigenvalue weighted by Gasteiger charge is -2.28. The summed E-state index contributed by atoms with van der Waals surface area (Å²) < 4.78 is 19.7. The fourth-order valence-corrected chi connectivity index (χ4v) is 4.71. The van der Waals surface area contributed by atoms with Gasteiger partial charge in [-0.1, -0.05) is 97.0 Å². The van der Waals surface area contributed by atoms with E-state index in [0.717, 1.165) is 37.2 Å². The Balaban J connectivity index is 1.64. The van der Waals surface area contributed by atoms with Crippen molar-refractivity contribution in [3.8, 4) is 5.75 Å². The van der Waals surface area contributed by atoms with Crippen molar-refractivity contribution in [3.05, 3.63) is 29.6 Å². The molecule has 0 radical (unpaired) electrons. The van der Waals surface area contributed by atoms with E-state index in [1.165, 1.54) is 76.7 Å². The van der Waals surface area contributed by atoms with Crippen LogP contribution in [0.15, 0.2) is 18.2 Å². The molecule has 1 aliphatic carbocycles. The molecule has 1 aromatic rings. The number of halogens is 1. The lowest BCUT2D eigenvalue weighted by atomic mass is 9.78. The van der Waals surface area contributed by atoms with Crippen molar-refractivity contribution in [3.63, 3.8) is 0 Å². The summed E-state index contributed by atoms with van der Waals surface area (Å²) in [7, 11) is 0. The number of hydrogen-bond acceptors (Lipinski definition) is 2. The number of benzene rings is 1. The maximum Gasteiger partial charge on any atom is 0.311 e. The third-order valence-electron chi connectivity index (χ3n) is 6.74. The van der Waals surface area contributed by atoms with E-state index in [1.807, 2.05) is 0 Å². The number of carbonyl (C=O) groups is 1. The third kappa shape index (κ3) is 9.62. The zero-order chi connectivity index (χ0) is 21.6. The monoisotopic (exact) mass is 418 g/mol. The molecule has 1 saturated carbocycles. The van der Waals surface area contributed by atoms with Crippen LogP contribution in [-0.2, 0) is 11.2 Å². The van der Waals surface area contributed by atoms with Crippen molar-refractivity contribution < 1.29 is 13.9 Å². The summed E-state index contributed by atoms with van der Waals surface area (Å²) in [5.74, 6) is 1.40. The second kappa shape index (κ2) is 14.6. The van der Waals surface area contributed by atoms with Crippen molar-refractivity contribution >= 4 is 5.97 Å². The molecule has 30 heavy (non-hydrogen) atoms. The molecular formula is C27H43FO2. The van der Waals surface area contributed by atoms with Gasteiger partial charge in [0.1, 0.15) is 11.6 Å². The minimum absolute atomic E-state index is 0.230. The van der Waals surface area contributed by atoms with Gasteiger partial charge in [0.25, 0.3) is 0 Å². The Kier molecular flexibility index (Phi) is 12.1. The topological polar surface area (TPSA) is 26.3 Å². The molecule has 1 aliphatic rings. The molecule has 3 heteroatoms. The third-order valence-corrected chi connectivity index (χ3v) is 6.74. The van der Waals surface area contributed by atoms with Gasteiger partial charge >= 0.3 is 5.97 Å². The largest absolute Gasteiger partial charge is 0.426 e. The van der Waals surface area contributed by atoms with Gasteiger partial charge in [-0.2, -0.15) is 0 Å². The Bertz CT molecular complexity index is 605. The highest BCUT2D eigenvalue weighted by atomic mass is 19.1. The first-order valence-corrected chi connectivity index (χ1v) is 12.6. The molecule has 0 saturated heterocycles. The lowest BCUT2D eigenvalue weighted by Crippen LogP contribution is -2.17. The molecule has 0 unspecified atom stereocenters. The van der Waals surface area contributed by atoms with Crippen molar-refractivity contribution in [1.29, 1.82) is 0 Å². The summed E-state index contributed by atoms with van der Waals surface area (Å²) in [5.41, 5.74) is 0.724. The lowest BCUT2D eigenvalue weighted by molar-refractivity contribution is -0.134. The molecule has 0 atom stereocenters. The van der Waals surface area contributed by atoms with Gasteiger partial charge in [0.2, 0.25) is 0 Å². The van der Waals surface area contributed by atoms with Crippen LogP contribution >= 0.6 is 0 Å². The highest BCUT2D eigenvalue weighted by Gasteiger charge is 2.21. The zero-order valence-electron chi connectivity index (χ0n) is 19.4. The fourth-order valence-electron chi connectivity index (χ4n) is 4.71. The average molecular weight is 419 g/mol. The molecule has 0 heterocycles. The van der Waals surface area contributed by atoms with Crippen LogP contribution < -0.4 is 4.74 Å². The van der Waals surface area contributed by atoms with Crippen LogP contribution in [0.3, 0.4) is 0 Å². The molecular weight excluding hydrogens is 375 g/mol. The van der Waals surface area contributed by atoms with Crippen LogP contribution in [0.2, 0.25) is 0 Å². The van der Waals surface area contributed by atoms with E-state index in [9.17, 15) is 9.18 Å². The molecule has 0 aliphatic heterocycles. The minimum atomic E-state index is -0.253. The van der Waals surface area contributed by atoms with E-state index in [-0.39, 0.29) is 11.8 Å². The number of aryl methyl sites for hydroxylation is 1. The van der Waals surface area contributed by atoms with Crippen LogP contribution in [0.4, 0.5) is 4.39 Å². The van der Waals surface area contributed by atoms with Crippen molar-refractivity contribution in [2.45, 2.75) is 117 Å². The van der Waals surface area contributed by atoms with Crippen LogP contribution in [-0.4, -0.2) is 5.97 Å². The van der Waals surface area contributed by atoms with Gasteiger partial charge in [-0.3, -0.25) is 4.79 Å². The van der Waals surface area contributed by atoms with E-state index < -0.39 is 0 Å². The Morgan fingerprint density at radius 2 is 1.53 bits per heavy atom. The fraction of sp³-hybridized carbons (Fsp3) is 0.741. The van der Waals surface area contributed by atoms with Crippen LogP contribution in [0, 0.1) is 17.7 Å². The standard InChI is InChI=1S/C27H43FO2/c1-3-5-7-8-10-12-24-18-19-25(21-26(24)28)30-27(29)20-17-23-15-13-22(14-16-23)11-9-6-4-2/h18-19,21-23H,3-17,20H2,1-2H3. The molecule has 0 aromatic heterocycles. The maximum absolute atomic E-state index is 14.3. The first-order valence-electron chi connectivity index (χ1n) is 12.6. The molecule has 0 spiro atoms. The smallest absolute Gasteiger partial charge is 0.311 e. The van der Waals surface area contributed by atoms with E-state index in [4.69, 9.17) is 4.74 Å². The number of carbonyl (C=O) groups excluding carboxylic acids is 1. The van der Waals surface area contributed by atoms with Crippen molar-refractivity contribution in [2.24, 2.45) is 11.8 Å². The predicted octanol–water partition coefficient (Wildman–Crippen LogP) is 8.41. The number of ether oxygens (including phenoxy) is 1. The Labute approximate surface area is 184 Å². The summed E-state index contributed by atoms with van der Waals surface area (Å²) in [4.78, 5) is 12.2. The molecule has 2 rings (SSSR count). The summed E-state index contributed by atoms with van der Waals surface area (Å²) in [6, 6.07) is 4.89. The quantitative estimate of drug-likeness (QED) is 0.172. The average Bonchev–Trinajstić information content (AvgIpc) is 2.74. The number of rotatable bonds is 14. The summed E-state index contributed by atoms with van der Waals surface area (Å²) >= 11 is 0. The van der Waals surface area contributed by atoms with Crippen LogP contribution in [0.1, 0.15) is 116 Å². The van der Waals surface area contributed by atoms with Gasteiger partial charge < -0.3 is 4.74 Å². The normalized spacial score (nSPS) is 19.0. The van der Waals surface area contributed by atoms with Crippen molar-refractivity contribution in [1.82, 2.24) is 0 Å². The molecule has 0 amide bonds. The Morgan fingerprint density at radius 1 is 0.900 bits per heavy atom. The van der Waals surface area contributed by atoms with E-state index in [1.54, 1.807) is 12.1 Å². The van der Waals surface area contributed by atoms with Gasteiger partial charge in [-0.15, -0.1) is 0 Å². The van der Waals surface area contributed by atoms with Crippen LogP contribution in [0.25, 0.3) is 0 Å². The molecule has 2 nitrogen and oxygen atoms in total. The molecule has 170 valence electrons. The molecule has 0 N–H and O–H groups in total. The maximum atomic E-state index is 14.3. The second-order valence-electron chi connectivity index (χ2n) is 9.31. The highest BCUT2D eigenvalue weighted by Crippen LogP contribution is 2.34. The van der Waals surface area contributed by atoms with Crippen LogP contribution in [0.5, 0.6) is 5.75 Å². The molecule has 1 aromatic carbocycles. The molecule has 0 bridgehead atoms. The first kappa shape index (κ1) is 24.9. The highest BCUT2D eigenvalue weighted by molar-refractivity contribution is 5.72. The SMILES string of the molecule is CCCCCCCc1ccc(OC(=O)CCC2CCC(CCCCC)CC2)cc1F. The first-order chi connectivity index (χ1) is 14.6. The van der Waals surface area contributed by atoms with Gasteiger partial charge in [0.15, 0.2) is 0 Å². The van der Waals surface area contributed by atoms with Crippen molar-refractivity contribution in [2.75, 3.05) is 0 Å². The van der Waals surface area contributed by atoms with E-state index in [2.05, 4.69) is 13.8 Å².